The minimum atomic E-state index is -0.885. The first-order valence-electron chi connectivity index (χ1n) is 6.21. The Morgan fingerprint density at radius 3 is 2.33 bits per heavy atom. The molecule has 4 amide bonds. The van der Waals surface area contributed by atoms with Gasteiger partial charge in [0.1, 0.15) is 18.2 Å². The lowest BCUT2D eigenvalue weighted by atomic mass is 10.3. The van der Waals surface area contributed by atoms with E-state index in [-0.39, 0.29) is 19.7 Å². The van der Waals surface area contributed by atoms with Crippen LogP contribution in [-0.4, -0.2) is 47.3 Å². The standard InChI is InChI=1S/C14H13FN2O4/c1-2-7-16-12(18)13(19)17(14(16)20)8-9-21-11-5-3-10(15)4-6-11/h2-6H,1,7-9H2. The molecular formula is C14H13FN2O4. The zero-order valence-electron chi connectivity index (χ0n) is 11.1. The summed E-state index contributed by atoms with van der Waals surface area (Å²) in [5.74, 6) is -1.74. The number of ether oxygens (including phenoxy) is 1. The third-order valence-electron chi connectivity index (χ3n) is 2.84. The van der Waals surface area contributed by atoms with Crippen molar-refractivity contribution >= 4 is 17.8 Å². The van der Waals surface area contributed by atoms with Crippen LogP contribution in [0.2, 0.25) is 0 Å². The first-order valence-corrected chi connectivity index (χ1v) is 6.21. The lowest BCUT2D eigenvalue weighted by Crippen LogP contribution is -2.36. The lowest BCUT2D eigenvalue weighted by Gasteiger charge is -2.14. The highest BCUT2D eigenvalue weighted by Crippen LogP contribution is 2.13. The van der Waals surface area contributed by atoms with Crippen molar-refractivity contribution in [1.29, 1.82) is 0 Å². The number of halogens is 1. The fourth-order valence-corrected chi connectivity index (χ4v) is 1.82. The molecule has 6 nitrogen and oxygen atoms in total. The number of hydrogen-bond donors (Lipinski definition) is 0. The molecule has 1 aromatic carbocycles. The van der Waals surface area contributed by atoms with Gasteiger partial charge < -0.3 is 4.74 Å². The van der Waals surface area contributed by atoms with Gasteiger partial charge in [0, 0.05) is 6.54 Å². The molecule has 1 heterocycles. The van der Waals surface area contributed by atoms with Gasteiger partial charge in [-0.15, -0.1) is 6.58 Å². The highest BCUT2D eigenvalue weighted by Gasteiger charge is 2.43. The zero-order valence-corrected chi connectivity index (χ0v) is 11.1. The van der Waals surface area contributed by atoms with Crippen LogP contribution in [0.1, 0.15) is 0 Å². The van der Waals surface area contributed by atoms with E-state index in [1.807, 2.05) is 0 Å². The maximum absolute atomic E-state index is 12.7. The van der Waals surface area contributed by atoms with Crippen LogP contribution in [0.25, 0.3) is 0 Å². The lowest BCUT2D eigenvalue weighted by molar-refractivity contribution is -0.143. The Morgan fingerprint density at radius 2 is 1.71 bits per heavy atom. The SMILES string of the molecule is C=CCN1C(=O)C(=O)N(CCOc2ccc(F)cc2)C1=O. The molecule has 1 aliphatic heterocycles. The van der Waals surface area contributed by atoms with Crippen molar-refractivity contribution in [1.82, 2.24) is 9.80 Å². The van der Waals surface area contributed by atoms with Gasteiger partial charge in [-0.1, -0.05) is 6.08 Å². The summed E-state index contributed by atoms with van der Waals surface area (Å²) in [7, 11) is 0. The number of imide groups is 2. The zero-order chi connectivity index (χ0) is 15.4. The number of benzene rings is 1. The van der Waals surface area contributed by atoms with Crippen LogP contribution < -0.4 is 4.74 Å². The molecule has 0 radical (unpaired) electrons. The first kappa shape index (κ1) is 14.7. The van der Waals surface area contributed by atoms with Crippen molar-refractivity contribution in [3.63, 3.8) is 0 Å². The third-order valence-corrected chi connectivity index (χ3v) is 2.84. The van der Waals surface area contributed by atoms with Crippen molar-refractivity contribution in [3.8, 4) is 5.75 Å². The van der Waals surface area contributed by atoms with Crippen molar-refractivity contribution in [2.75, 3.05) is 19.7 Å². The van der Waals surface area contributed by atoms with Crippen LogP contribution in [0.15, 0.2) is 36.9 Å². The Bertz CT molecular complexity index is 585. The van der Waals surface area contributed by atoms with Gasteiger partial charge in [0.2, 0.25) is 0 Å². The number of nitrogens with zero attached hydrogens (tertiary/aromatic N) is 2. The number of hydrogen-bond acceptors (Lipinski definition) is 4. The molecule has 0 atom stereocenters. The summed E-state index contributed by atoms with van der Waals surface area (Å²) in [6.45, 7) is 3.36. The molecule has 0 spiro atoms. The van der Waals surface area contributed by atoms with E-state index >= 15 is 0 Å². The van der Waals surface area contributed by atoms with E-state index in [1.165, 1.54) is 30.3 Å². The predicted molar refractivity (Wildman–Crippen MR) is 70.9 cm³/mol. The second-order valence-corrected chi connectivity index (χ2v) is 4.25. The van der Waals surface area contributed by atoms with Crippen molar-refractivity contribution in [3.05, 3.63) is 42.7 Å². The van der Waals surface area contributed by atoms with Crippen molar-refractivity contribution < 1.29 is 23.5 Å². The van der Waals surface area contributed by atoms with Crippen LogP contribution in [0, 0.1) is 5.82 Å². The summed E-state index contributed by atoms with van der Waals surface area (Å²) in [5, 5.41) is 0. The number of rotatable bonds is 6. The fraction of sp³-hybridized carbons (Fsp3) is 0.214. The number of carbonyl (C=O) groups is 3. The Kier molecular flexibility index (Phi) is 4.32. The number of carbonyl (C=O) groups excluding carboxylic acids is 3. The molecule has 1 fully saturated rings. The summed E-state index contributed by atoms with van der Waals surface area (Å²) in [6.07, 6.45) is 1.36. The van der Waals surface area contributed by atoms with Gasteiger partial charge in [-0.3, -0.25) is 19.4 Å². The van der Waals surface area contributed by atoms with Gasteiger partial charge in [-0.2, -0.15) is 0 Å². The van der Waals surface area contributed by atoms with Gasteiger partial charge in [-0.25, -0.2) is 9.18 Å². The minimum absolute atomic E-state index is 0.0122. The van der Waals surface area contributed by atoms with Crippen LogP contribution in [-0.2, 0) is 9.59 Å². The molecule has 1 aromatic rings. The van der Waals surface area contributed by atoms with E-state index in [2.05, 4.69) is 6.58 Å². The summed E-state index contributed by atoms with van der Waals surface area (Å²) >= 11 is 0. The van der Waals surface area contributed by atoms with E-state index < -0.39 is 23.7 Å². The molecule has 0 bridgehead atoms. The molecule has 110 valence electrons. The van der Waals surface area contributed by atoms with Gasteiger partial charge in [0.05, 0.1) is 6.54 Å². The van der Waals surface area contributed by atoms with E-state index in [1.54, 1.807) is 0 Å². The van der Waals surface area contributed by atoms with Gasteiger partial charge in [0.15, 0.2) is 0 Å². The van der Waals surface area contributed by atoms with Crippen LogP contribution >= 0.6 is 0 Å². The Balaban J connectivity index is 1.92. The van der Waals surface area contributed by atoms with E-state index in [0.717, 1.165) is 9.80 Å². The normalized spacial score (nSPS) is 14.8. The van der Waals surface area contributed by atoms with Gasteiger partial charge >= 0.3 is 17.8 Å². The van der Waals surface area contributed by atoms with Crippen LogP contribution in [0.3, 0.4) is 0 Å². The smallest absolute Gasteiger partial charge is 0.334 e. The van der Waals surface area contributed by atoms with E-state index in [4.69, 9.17) is 4.74 Å². The Morgan fingerprint density at radius 1 is 1.10 bits per heavy atom. The molecule has 1 saturated heterocycles. The highest BCUT2D eigenvalue weighted by atomic mass is 19.1. The Hall–Kier alpha value is -2.70. The molecule has 21 heavy (non-hydrogen) atoms. The minimum Gasteiger partial charge on any atom is -0.492 e. The van der Waals surface area contributed by atoms with Crippen molar-refractivity contribution in [2.24, 2.45) is 0 Å². The highest BCUT2D eigenvalue weighted by molar-refractivity contribution is 6.44. The molecule has 2 rings (SSSR count). The second kappa shape index (κ2) is 6.17. The third kappa shape index (κ3) is 3.07. The maximum Gasteiger partial charge on any atom is 0.334 e. The average Bonchev–Trinajstić information content (AvgIpc) is 2.67. The second-order valence-electron chi connectivity index (χ2n) is 4.25. The number of urea groups is 1. The van der Waals surface area contributed by atoms with E-state index in [0.29, 0.717) is 5.75 Å². The molecule has 0 saturated carbocycles. The molecule has 0 unspecified atom stereocenters. The molecule has 0 aliphatic carbocycles. The van der Waals surface area contributed by atoms with Crippen LogP contribution in [0.5, 0.6) is 5.75 Å². The Labute approximate surface area is 120 Å². The fourth-order valence-electron chi connectivity index (χ4n) is 1.82. The first-order chi connectivity index (χ1) is 10.0. The predicted octanol–water partition coefficient (Wildman–Crippen LogP) is 1.18. The number of amides is 4. The topological polar surface area (TPSA) is 66.9 Å². The monoisotopic (exact) mass is 292 g/mol. The van der Waals surface area contributed by atoms with Crippen molar-refractivity contribution in [2.45, 2.75) is 0 Å². The molecule has 7 heteroatoms. The molecule has 0 aromatic heterocycles. The summed E-state index contributed by atoms with van der Waals surface area (Å²) in [5.41, 5.74) is 0. The molecular weight excluding hydrogens is 279 g/mol. The summed E-state index contributed by atoms with van der Waals surface area (Å²) in [6, 6.07) is 4.64. The van der Waals surface area contributed by atoms with Gasteiger partial charge in [-0.05, 0) is 24.3 Å². The van der Waals surface area contributed by atoms with Gasteiger partial charge in [0.25, 0.3) is 0 Å². The maximum atomic E-state index is 12.7. The largest absolute Gasteiger partial charge is 0.492 e. The van der Waals surface area contributed by atoms with Crippen LogP contribution in [0.4, 0.5) is 9.18 Å². The summed E-state index contributed by atoms with van der Waals surface area (Å²) in [4.78, 5) is 36.7. The summed E-state index contributed by atoms with van der Waals surface area (Å²) < 4.78 is 18.0. The molecule has 0 N–H and O–H groups in total. The quantitative estimate of drug-likeness (QED) is 0.448. The average molecular weight is 292 g/mol. The molecule has 1 aliphatic rings. The van der Waals surface area contributed by atoms with E-state index in [9.17, 15) is 18.8 Å².